The topological polar surface area (TPSA) is 129 Å². The number of ether oxygens (including phenoxy) is 2. The average molecular weight is 350 g/mol. The van der Waals surface area contributed by atoms with Crippen LogP contribution >= 0.6 is 7.82 Å². The van der Waals surface area contributed by atoms with Crippen molar-refractivity contribution in [1.29, 1.82) is 0 Å². The minimum Gasteiger partial charge on any atom is -0.382 e. The van der Waals surface area contributed by atoms with E-state index in [1.807, 2.05) is 0 Å². The Labute approximate surface area is 131 Å². The molecule has 1 unspecified atom stereocenters. The highest BCUT2D eigenvalue weighted by Gasteiger charge is 2.41. The molecule has 10 nitrogen and oxygen atoms in total. The fourth-order valence-corrected chi connectivity index (χ4v) is 2.96. The van der Waals surface area contributed by atoms with E-state index >= 15 is 0 Å². The van der Waals surface area contributed by atoms with E-state index in [9.17, 15) is 19.0 Å². The maximum Gasteiger partial charge on any atom is 0.472 e. The molecule has 2 heterocycles. The number of aromatic amines is 1. The van der Waals surface area contributed by atoms with Gasteiger partial charge in [0.25, 0.3) is 5.56 Å². The Balaban J connectivity index is 2.26. The first-order chi connectivity index (χ1) is 10.8. The number of nitrogens with one attached hydrogen (secondary N) is 1. The van der Waals surface area contributed by atoms with Crippen molar-refractivity contribution in [2.75, 3.05) is 20.8 Å². The number of phosphoric acid groups is 1. The smallest absolute Gasteiger partial charge is 0.382 e. The molecule has 1 fully saturated rings. The Morgan fingerprint density at radius 2 is 2.17 bits per heavy atom. The van der Waals surface area contributed by atoms with Gasteiger partial charge in [0, 0.05) is 32.4 Å². The van der Waals surface area contributed by atoms with E-state index in [4.69, 9.17) is 14.0 Å². The predicted octanol–water partition coefficient (Wildman–Crippen LogP) is -0.0891. The molecule has 1 saturated heterocycles. The fraction of sp³-hybridized carbons (Fsp3) is 0.667. The highest BCUT2D eigenvalue weighted by atomic mass is 31.2. The molecule has 1 aliphatic rings. The third kappa shape index (κ3) is 4.17. The molecule has 0 aliphatic carbocycles. The van der Waals surface area contributed by atoms with Gasteiger partial charge in [-0.05, 0) is 6.92 Å². The molecule has 130 valence electrons. The summed E-state index contributed by atoms with van der Waals surface area (Å²) in [6, 6.07) is 0. The molecule has 0 spiro atoms. The summed E-state index contributed by atoms with van der Waals surface area (Å²) in [6.07, 6.45) is -0.755. The lowest BCUT2D eigenvalue weighted by atomic mass is 10.2. The summed E-state index contributed by atoms with van der Waals surface area (Å²) in [6.45, 7) is 1.65. The van der Waals surface area contributed by atoms with Crippen LogP contribution in [0, 0.1) is 6.92 Å². The number of methoxy groups -OCH3 is 1. The van der Waals surface area contributed by atoms with E-state index in [0.717, 1.165) is 7.11 Å². The molecule has 0 bridgehead atoms. The molecule has 1 aliphatic heterocycles. The minimum atomic E-state index is -4.21. The van der Waals surface area contributed by atoms with Crippen molar-refractivity contribution in [2.45, 2.75) is 31.8 Å². The lowest BCUT2D eigenvalue weighted by Crippen LogP contribution is -2.33. The molecular formula is C12H19N2O8P. The Morgan fingerprint density at radius 3 is 2.78 bits per heavy atom. The summed E-state index contributed by atoms with van der Waals surface area (Å²) in [5, 5.41) is 0. The Kier molecular flexibility index (Phi) is 5.56. The van der Waals surface area contributed by atoms with Crippen LogP contribution in [-0.4, -0.2) is 47.5 Å². The second-order valence-electron chi connectivity index (χ2n) is 5.09. The monoisotopic (exact) mass is 350 g/mol. The fourth-order valence-electron chi connectivity index (χ4n) is 2.31. The zero-order chi connectivity index (χ0) is 17.2. The van der Waals surface area contributed by atoms with Crippen LogP contribution in [0.15, 0.2) is 15.8 Å². The first-order valence-electron chi connectivity index (χ1n) is 6.81. The van der Waals surface area contributed by atoms with Gasteiger partial charge >= 0.3 is 13.5 Å². The number of hydrogen-bond donors (Lipinski definition) is 2. The van der Waals surface area contributed by atoms with Gasteiger partial charge in [0.15, 0.2) is 0 Å². The van der Waals surface area contributed by atoms with Gasteiger partial charge in [-0.25, -0.2) is 9.36 Å². The Hall–Kier alpha value is -1.29. The van der Waals surface area contributed by atoms with Crippen molar-refractivity contribution in [3.05, 3.63) is 32.6 Å². The summed E-state index contributed by atoms with van der Waals surface area (Å²) in [7, 11) is -1.72. The van der Waals surface area contributed by atoms with E-state index < -0.39 is 37.5 Å². The van der Waals surface area contributed by atoms with E-state index in [-0.39, 0.29) is 13.0 Å². The molecule has 2 N–H and O–H groups in total. The minimum absolute atomic E-state index is 0.0992. The third-order valence-electron chi connectivity index (χ3n) is 3.47. The number of rotatable bonds is 6. The van der Waals surface area contributed by atoms with Gasteiger partial charge < -0.3 is 14.4 Å². The van der Waals surface area contributed by atoms with Crippen LogP contribution in [0.3, 0.4) is 0 Å². The van der Waals surface area contributed by atoms with Gasteiger partial charge in [0.1, 0.15) is 18.4 Å². The van der Waals surface area contributed by atoms with Crippen LogP contribution in [0.5, 0.6) is 0 Å². The molecule has 0 saturated carbocycles. The van der Waals surface area contributed by atoms with E-state index in [1.54, 1.807) is 6.92 Å². The molecule has 1 aromatic rings. The van der Waals surface area contributed by atoms with Gasteiger partial charge in [-0.1, -0.05) is 0 Å². The second kappa shape index (κ2) is 7.08. The van der Waals surface area contributed by atoms with Crippen LogP contribution in [-0.2, 0) is 23.1 Å². The van der Waals surface area contributed by atoms with Crippen LogP contribution in [0.2, 0.25) is 0 Å². The number of phosphoric ester groups is 1. The maximum absolute atomic E-state index is 11.9. The SMILES string of the molecule is COC[C@H]1O[C@@H](n2cc(C)c(=O)[nH]c2=O)C[C@H]1OP(=O)(O)OC. The first-order valence-corrected chi connectivity index (χ1v) is 8.30. The molecular weight excluding hydrogens is 331 g/mol. The summed E-state index contributed by atoms with van der Waals surface area (Å²) in [5.41, 5.74) is -0.781. The van der Waals surface area contributed by atoms with Gasteiger partial charge in [-0.2, -0.15) is 0 Å². The number of aromatic nitrogens is 2. The lowest BCUT2D eigenvalue weighted by molar-refractivity contribution is -0.0545. The number of nitrogens with zero attached hydrogens (tertiary/aromatic N) is 1. The molecule has 2 rings (SSSR count). The molecule has 0 aromatic carbocycles. The third-order valence-corrected chi connectivity index (χ3v) is 4.47. The van der Waals surface area contributed by atoms with Crippen molar-refractivity contribution >= 4 is 7.82 Å². The van der Waals surface area contributed by atoms with Crippen LogP contribution in [0.1, 0.15) is 18.2 Å². The van der Waals surface area contributed by atoms with Crippen molar-refractivity contribution in [1.82, 2.24) is 9.55 Å². The summed E-state index contributed by atoms with van der Waals surface area (Å²) < 4.78 is 32.9. The molecule has 1 aromatic heterocycles. The number of hydrogen-bond acceptors (Lipinski definition) is 7. The number of aryl methyl sites for hydroxylation is 1. The summed E-state index contributed by atoms with van der Waals surface area (Å²) in [4.78, 5) is 35.0. The van der Waals surface area contributed by atoms with Crippen LogP contribution in [0.25, 0.3) is 0 Å². The normalized spacial score (nSPS) is 27.0. The standard InChI is InChI=1S/C12H19N2O8P/c1-7-5-14(12(16)13-11(7)15)10-4-8(9(21-10)6-19-2)22-23(17,18)20-3/h5,8-10H,4,6H2,1-3H3,(H,17,18)(H,13,15,16)/t8-,9-,10-/m1/s1. The zero-order valence-electron chi connectivity index (χ0n) is 12.9. The van der Waals surface area contributed by atoms with Crippen molar-refractivity contribution in [2.24, 2.45) is 0 Å². The number of H-pyrrole nitrogens is 1. The maximum atomic E-state index is 11.9. The highest BCUT2D eigenvalue weighted by molar-refractivity contribution is 7.47. The van der Waals surface area contributed by atoms with E-state index in [2.05, 4.69) is 9.51 Å². The zero-order valence-corrected chi connectivity index (χ0v) is 13.8. The van der Waals surface area contributed by atoms with Crippen molar-refractivity contribution in [3.63, 3.8) is 0 Å². The van der Waals surface area contributed by atoms with Gasteiger partial charge in [0.2, 0.25) is 0 Å². The largest absolute Gasteiger partial charge is 0.472 e. The van der Waals surface area contributed by atoms with Gasteiger partial charge in [-0.3, -0.25) is 23.4 Å². The van der Waals surface area contributed by atoms with E-state index in [0.29, 0.717) is 5.56 Å². The van der Waals surface area contributed by atoms with Crippen LogP contribution < -0.4 is 11.2 Å². The molecule has 0 amide bonds. The predicted molar refractivity (Wildman–Crippen MR) is 78.2 cm³/mol. The molecule has 4 atom stereocenters. The lowest BCUT2D eigenvalue weighted by Gasteiger charge is -2.19. The Morgan fingerprint density at radius 1 is 1.48 bits per heavy atom. The highest BCUT2D eigenvalue weighted by Crippen LogP contribution is 2.47. The van der Waals surface area contributed by atoms with Crippen molar-refractivity contribution in [3.8, 4) is 0 Å². The van der Waals surface area contributed by atoms with Gasteiger partial charge in [0.05, 0.1) is 6.61 Å². The quantitative estimate of drug-likeness (QED) is 0.681. The molecule has 0 radical (unpaired) electrons. The van der Waals surface area contributed by atoms with Crippen molar-refractivity contribution < 1.29 is 28.0 Å². The van der Waals surface area contributed by atoms with Crippen LogP contribution in [0.4, 0.5) is 0 Å². The summed E-state index contributed by atoms with van der Waals surface area (Å²) in [5.74, 6) is 0. The average Bonchev–Trinajstić information content (AvgIpc) is 2.85. The second-order valence-corrected chi connectivity index (χ2v) is 6.61. The van der Waals surface area contributed by atoms with E-state index in [1.165, 1.54) is 17.9 Å². The molecule has 23 heavy (non-hydrogen) atoms. The Bertz CT molecular complexity index is 714. The van der Waals surface area contributed by atoms with Gasteiger partial charge in [-0.15, -0.1) is 0 Å². The first kappa shape index (κ1) is 18.1. The summed E-state index contributed by atoms with van der Waals surface area (Å²) >= 11 is 0. The molecule has 11 heteroatoms.